The fourth-order valence-electron chi connectivity index (χ4n) is 2.48. The van der Waals surface area contributed by atoms with Crippen molar-refractivity contribution >= 4 is 17.2 Å². The summed E-state index contributed by atoms with van der Waals surface area (Å²) in [5.41, 5.74) is 0. The predicted molar refractivity (Wildman–Crippen MR) is 82.1 cm³/mol. The number of thiophene rings is 1. The van der Waals surface area contributed by atoms with Crippen LogP contribution in [0.4, 0.5) is 0 Å². The molecule has 0 saturated carbocycles. The van der Waals surface area contributed by atoms with Gasteiger partial charge in [0, 0.05) is 37.2 Å². The first-order valence-corrected chi connectivity index (χ1v) is 8.09. The van der Waals surface area contributed by atoms with Crippen LogP contribution < -0.4 is 0 Å². The second-order valence-corrected chi connectivity index (χ2v) is 6.52. The summed E-state index contributed by atoms with van der Waals surface area (Å²) < 4.78 is 5.41. The molecule has 0 atom stereocenters. The summed E-state index contributed by atoms with van der Waals surface area (Å²) >= 11 is 1.66. The lowest BCUT2D eigenvalue weighted by Gasteiger charge is -2.35. The van der Waals surface area contributed by atoms with Crippen molar-refractivity contribution in [3.05, 3.63) is 22.4 Å². The quantitative estimate of drug-likeness (QED) is 0.803. The number of likely N-dealkylation sites (N-methyl/N-ethyl adjacent to an activating group) is 1. The molecule has 112 valence electrons. The summed E-state index contributed by atoms with van der Waals surface area (Å²) in [6, 6.07) is 4.39. The molecule has 1 saturated heterocycles. The SMILES string of the molecule is CN(C)CCN(C(=O)Cc1cccs1)C1CCOCC1. The van der Waals surface area contributed by atoms with Crippen LogP contribution in [-0.2, 0) is 16.0 Å². The number of hydrogen-bond donors (Lipinski definition) is 0. The highest BCUT2D eigenvalue weighted by Crippen LogP contribution is 2.17. The minimum Gasteiger partial charge on any atom is -0.381 e. The number of ether oxygens (including phenoxy) is 1. The molecule has 0 aromatic carbocycles. The number of hydrogen-bond acceptors (Lipinski definition) is 4. The Balaban J connectivity index is 1.98. The van der Waals surface area contributed by atoms with Crippen molar-refractivity contribution in [2.24, 2.45) is 0 Å². The Morgan fingerprint density at radius 1 is 1.35 bits per heavy atom. The predicted octanol–water partition coefficient (Wildman–Crippen LogP) is 1.86. The van der Waals surface area contributed by atoms with E-state index in [-0.39, 0.29) is 5.91 Å². The highest BCUT2D eigenvalue weighted by Gasteiger charge is 2.25. The molecule has 1 fully saturated rings. The van der Waals surface area contributed by atoms with Crippen LogP contribution in [0.15, 0.2) is 17.5 Å². The van der Waals surface area contributed by atoms with E-state index in [0.717, 1.165) is 44.0 Å². The van der Waals surface area contributed by atoms with E-state index in [1.54, 1.807) is 11.3 Å². The molecule has 0 aliphatic carbocycles. The second kappa shape index (κ2) is 7.76. The number of rotatable bonds is 6. The molecule has 2 rings (SSSR count). The maximum atomic E-state index is 12.6. The van der Waals surface area contributed by atoms with Crippen molar-refractivity contribution in [2.45, 2.75) is 25.3 Å². The number of carbonyl (C=O) groups excluding carboxylic acids is 1. The summed E-state index contributed by atoms with van der Waals surface area (Å²) in [4.78, 5) is 17.9. The zero-order chi connectivity index (χ0) is 14.4. The molecule has 0 unspecified atom stereocenters. The molecule has 0 radical (unpaired) electrons. The van der Waals surface area contributed by atoms with E-state index in [4.69, 9.17) is 4.74 Å². The van der Waals surface area contributed by atoms with Crippen molar-refractivity contribution in [1.29, 1.82) is 0 Å². The van der Waals surface area contributed by atoms with E-state index in [0.29, 0.717) is 12.5 Å². The van der Waals surface area contributed by atoms with Crippen molar-refractivity contribution in [1.82, 2.24) is 9.80 Å². The smallest absolute Gasteiger partial charge is 0.228 e. The van der Waals surface area contributed by atoms with Gasteiger partial charge in [-0.3, -0.25) is 4.79 Å². The third kappa shape index (κ3) is 4.58. The highest BCUT2D eigenvalue weighted by atomic mass is 32.1. The van der Waals surface area contributed by atoms with Gasteiger partial charge in [-0.05, 0) is 38.4 Å². The highest BCUT2D eigenvalue weighted by molar-refractivity contribution is 7.10. The largest absolute Gasteiger partial charge is 0.381 e. The molecule has 5 heteroatoms. The Bertz CT molecular complexity index is 400. The summed E-state index contributed by atoms with van der Waals surface area (Å²) in [6.07, 6.45) is 2.45. The van der Waals surface area contributed by atoms with Crippen LogP contribution in [0.25, 0.3) is 0 Å². The van der Waals surface area contributed by atoms with Crippen LogP contribution in [0.5, 0.6) is 0 Å². The number of nitrogens with zero attached hydrogens (tertiary/aromatic N) is 2. The van der Waals surface area contributed by atoms with Crippen molar-refractivity contribution in [3.63, 3.8) is 0 Å². The normalized spacial score (nSPS) is 16.6. The average Bonchev–Trinajstić information content (AvgIpc) is 2.92. The molecule has 0 bridgehead atoms. The van der Waals surface area contributed by atoms with Crippen LogP contribution >= 0.6 is 11.3 Å². The van der Waals surface area contributed by atoms with Crippen molar-refractivity contribution in [3.8, 4) is 0 Å². The minimum absolute atomic E-state index is 0.251. The van der Waals surface area contributed by atoms with Gasteiger partial charge in [0.1, 0.15) is 0 Å². The fraction of sp³-hybridized carbons (Fsp3) is 0.667. The van der Waals surface area contributed by atoms with Crippen LogP contribution in [0.1, 0.15) is 17.7 Å². The van der Waals surface area contributed by atoms with Gasteiger partial charge in [0.25, 0.3) is 0 Å². The molecular formula is C15H24N2O2S. The van der Waals surface area contributed by atoms with Crippen molar-refractivity contribution in [2.75, 3.05) is 40.4 Å². The Morgan fingerprint density at radius 3 is 2.70 bits per heavy atom. The Hall–Kier alpha value is -0.910. The van der Waals surface area contributed by atoms with E-state index in [1.807, 2.05) is 31.6 Å². The first-order chi connectivity index (χ1) is 9.66. The van der Waals surface area contributed by atoms with E-state index >= 15 is 0 Å². The maximum Gasteiger partial charge on any atom is 0.228 e. The topological polar surface area (TPSA) is 32.8 Å². The molecule has 2 heterocycles. The van der Waals surface area contributed by atoms with Crippen LogP contribution in [-0.4, -0.2) is 62.1 Å². The zero-order valence-corrected chi connectivity index (χ0v) is 13.2. The molecule has 1 aliphatic rings. The van der Waals surface area contributed by atoms with Gasteiger partial charge in [0.05, 0.1) is 6.42 Å². The van der Waals surface area contributed by atoms with Crippen molar-refractivity contribution < 1.29 is 9.53 Å². The van der Waals surface area contributed by atoms with Gasteiger partial charge < -0.3 is 14.5 Å². The molecule has 20 heavy (non-hydrogen) atoms. The zero-order valence-electron chi connectivity index (χ0n) is 12.4. The lowest BCUT2D eigenvalue weighted by Crippen LogP contribution is -2.46. The standard InChI is InChI=1S/C15H24N2O2S/c1-16(2)7-8-17(13-5-9-19-10-6-13)15(18)12-14-4-3-11-20-14/h3-4,11,13H,5-10,12H2,1-2H3. The summed E-state index contributed by atoms with van der Waals surface area (Å²) in [5.74, 6) is 0.251. The third-order valence-electron chi connectivity index (χ3n) is 3.65. The Morgan fingerprint density at radius 2 is 2.10 bits per heavy atom. The molecular weight excluding hydrogens is 272 g/mol. The molecule has 0 spiro atoms. The molecule has 1 aromatic heterocycles. The molecule has 1 aromatic rings. The van der Waals surface area contributed by atoms with E-state index in [9.17, 15) is 4.79 Å². The second-order valence-electron chi connectivity index (χ2n) is 5.49. The fourth-order valence-corrected chi connectivity index (χ4v) is 3.18. The Labute approximate surface area is 125 Å². The number of carbonyl (C=O) groups is 1. The van der Waals surface area contributed by atoms with Gasteiger partial charge in [-0.15, -0.1) is 11.3 Å². The van der Waals surface area contributed by atoms with E-state index < -0.39 is 0 Å². The summed E-state index contributed by atoms with van der Waals surface area (Å²) in [7, 11) is 4.10. The summed E-state index contributed by atoms with van der Waals surface area (Å²) in [6.45, 7) is 3.26. The molecule has 4 nitrogen and oxygen atoms in total. The molecule has 0 N–H and O–H groups in total. The first-order valence-electron chi connectivity index (χ1n) is 7.21. The van der Waals surface area contributed by atoms with Gasteiger partial charge in [-0.25, -0.2) is 0 Å². The number of amides is 1. The third-order valence-corrected chi connectivity index (χ3v) is 4.52. The summed E-state index contributed by atoms with van der Waals surface area (Å²) in [5, 5.41) is 2.03. The molecule has 1 aliphatic heterocycles. The van der Waals surface area contributed by atoms with E-state index in [2.05, 4.69) is 9.80 Å². The van der Waals surface area contributed by atoms with Gasteiger partial charge in [-0.1, -0.05) is 6.07 Å². The van der Waals surface area contributed by atoms with Crippen LogP contribution in [0.3, 0.4) is 0 Å². The average molecular weight is 296 g/mol. The van der Waals surface area contributed by atoms with Crippen LogP contribution in [0, 0.1) is 0 Å². The first kappa shape index (κ1) is 15.5. The minimum atomic E-state index is 0.251. The van der Waals surface area contributed by atoms with Gasteiger partial charge >= 0.3 is 0 Å². The lowest BCUT2D eigenvalue weighted by atomic mass is 10.1. The lowest BCUT2D eigenvalue weighted by molar-refractivity contribution is -0.134. The van der Waals surface area contributed by atoms with Gasteiger partial charge in [0.15, 0.2) is 0 Å². The molecule has 1 amide bonds. The van der Waals surface area contributed by atoms with E-state index in [1.165, 1.54) is 0 Å². The maximum absolute atomic E-state index is 12.6. The van der Waals surface area contributed by atoms with Crippen LogP contribution in [0.2, 0.25) is 0 Å². The Kier molecular flexibility index (Phi) is 6.01. The van der Waals surface area contributed by atoms with Gasteiger partial charge in [-0.2, -0.15) is 0 Å². The monoisotopic (exact) mass is 296 g/mol. The van der Waals surface area contributed by atoms with Gasteiger partial charge in [0.2, 0.25) is 5.91 Å².